The SMILES string of the molecule is Cc1nc2scc(-c3ccccc3)c2c(=O)n1N=Cc1ccc(OC(=O)c2ccncc2)cc1. The Morgan fingerprint density at radius 2 is 1.76 bits per heavy atom. The summed E-state index contributed by atoms with van der Waals surface area (Å²) < 4.78 is 6.68. The van der Waals surface area contributed by atoms with Crippen LogP contribution in [0.1, 0.15) is 21.7 Å². The summed E-state index contributed by atoms with van der Waals surface area (Å²) in [5, 5.41) is 6.89. The van der Waals surface area contributed by atoms with Gasteiger partial charge < -0.3 is 4.74 Å². The summed E-state index contributed by atoms with van der Waals surface area (Å²) in [6, 6.07) is 19.8. The maximum atomic E-state index is 13.3. The van der Waals surface area contributed by atoms with E-state index >= 15 is 0 Å². The van der Waals surface area contributed by atoms with Crippen LogP contribution in [0, 0.1) is 6.92 Å². The Balaban J connectivity index is 1.41. The molecule has 0 aliphatic heterocycles. The van der Waals surface area contributed by atoms with Crippen LogP contribution in [0.25, 0.3) is 21.3 Å². The zero-order chi connectivity index (χ0) is 23.5. The fraction of sp³-hybridized carbons (Fsp3) is 0.0385. The molecule has 8 heteroatoms. The third kappa shape index (κ3) is 4.26. The Morgan fingerprint density at radius 1 is 1.03 bits per heavy atom. The van der Waals surface area contributed by atoms with Gasteiger partial charge in [0.1, 0.15) is 16.4 Å². The Kier molecular flexibility index (Phi) is 5.80. The molecule has 3 aromatic heterocycles. The van der Waals surface area contributed by atoms with Crippen molar-refractivity contribution < 1.29 is 9.53 Å². The second-order valence-electron chi connectivity index (χ2n) is 7.41. The highest BCUT2D eigenvalue weighted by molar-refractivity contribution is 7.17. The van der Waals surface area contributed by atoms with Gasteiger partial charge in [0.25, 0.3) is 5.56 Å². The molecule has 0 bridgehead atoms. The summed E-state index contributed by atoms with van der Waals surface area (Å²) in [4.78, 5) is 34.6. The van der Waals surface area contributed by atoms with Crippen LogP contribution in [0.5, 0.6) is 5.75 Å². The molecule has 0 fully saturated rings. The second-order valence-corrected chi connectivity index (χ2v) is 8.27. The summed E-state index contributed by atoms with van der Waals surface area (Å²) in [5.74, 6) is 0.439. The Morgan fingerprint density at radius 3 is 2.50 bits per heavy atom. The van der Waals surface area contributed by atoms with Crippen molar-refractivity contribution in [2.45, 2.75) is 6.92 Å². The van der Waals surface area contributed by atoms with E-state index in [0.29, 0.717) is 27.4 Å². The molecule has 0 aliphatic carbocycles. The minimum absolute atomic E-state index is 0.221. The molecule has 5 rings (SSSR count). The molecule has 0 radical (unpaired) electrons. The molecule has 0 atom stereocenters. The highest BCUT2D eigenvalue weighted by atomic mass is 32.1. The number of thiophene rings is 1. The van der Waals surface area contributed by atoms with Crippen LogP contribution in [0.3, 0.4) is 0 Å². The van der Waals surface area contributed by atoms with Crippen molar-refractivity contribution in [2.75, 3.05) is 0 Å². The molecule has 0 N–H and O–H groups in total. The average Bonchev–Trinajstić information content (AvgIpc) is 3.30. The number of rotatable bonds is 5. The Bertz CT molecular complexity index is 1560. The number of esters is 1. The second kappa shape index (κ2) is 9.21. The first-order valence-electron chi connectivity index (χ1n) is 10.4. The lowest BCUT2D eigenvalue weighted by atomic mass is 10.1. The van der Waals surface area contributed by atoms with Crippen molar-refractivity contribution in [3.8, 4) is 16.9 Å². The standard InChI is InChI=1S/C26H18N4O3S/c1-17-29-24-23(22(16-34-24)19-5-3-2-4-6-19)25(31)30(17)28-15-18-7-9-21(10-8-18)33-26(32)20-11-13-27-14-12-20/h2-16H,1H3. The van der Waals surface area contributed by atoms with Gasteiger partial charge in [0, 0.05) is 23.3 Å². The van der Waals surface area contributed by atoms with Gasteiger partial charge in [-0.25, -0.2) is 9.78 Å². The number of pyridine rings is 1. The predicted octanol–water partition coefficient (Wildman–Crippen LogP) is 4.93. The lowest BCUT2D eigenvalue weighted by Gasteiger charge is -2.06. The first-order valence-corrected chi connectivity index (χ1v) is 11.3. The number of carbonyl (C=O) groups is 1. The van der Waals surface area contributed by atoms with Crippen LogP contribution < -0.4 is 10.3 Å². The van der Waals surface area contributed by atoms with E-state index in [1.165, 1.54) is 28.4 Å². The van der Waals surface area contributed by atoms with Gasteiger partial charge in [-0.3, -0.25) is 9.78 Å². The molecule has 0 unspecified atom stereocenters. The number of aromatic nitrogens is 3. The summed E-state index contributed by atoms with van der Waals surface area (Å²) >= 11 is 1.44. The Hall–Kier alpha value is -4.43. The predicted molar refractivity (Wildman–Crippen MR) is 133 cm³/mol. The summed E-state index contributed by atoms with van der Waals surface area (Å²) in [5.41, 5.74) is 2.75. The van der Waals surface area contributed by atoms with Crippen LogP contribution in [-0.4, -0.2) is 26.8 Å². The third-order valence-corrected chi connectivity index (χ3v) is 6.03. The van der Waals surface area contributed by atoms with Crippen molar-refractivity contribution in [1.29, 1.82) is 0 Å². The number of nitrogens with zero attached hydrogens (tertiary/aromatic N) is 4. The van der Waals surface area contributed by atoms with Gasteiger partial charge in [-0.15, -0.1) is 11.3 Å². The van der Waals surface area contributed by atoms with Crippen LogP contribution in [0.15, 0.2) is 94.4 Å². The molecular formula is C26H18N4O3S. The van der Waals surface area contributed by atoms with Gasteiger partial charge in [-0.1, -0.05) is 30.3 Å². The van der Waals surface area contributed by atoms with E-state index in [1.54, 1.807) is 49.5 Å². The van der Waals surface area contributed by atoms with Gasteiger partial charge in [0.05, 0.1) is 17.2 Å². The zero-order valence-corrected chi connectivity index (χ0v) is 18.9. The molecule has 2 aromatic carbocycles. The highest BCUT2D eigenvalue weighted by Gasteiger charge is 2.15. The first-order chi connectivity index (χ1) is 16.6. The minimum atomic E-state index is -0.463. The molecule has 7 nitrogen and oxygen atoms in total. The lowest BCUT2D eigenvalue weighted by molar-refractivity contribution is 0.0734. The monoisotopic (exact) mass is 466 g/mol. The normalized spacial score (nSPS) is 11.2. The van der Waals surface area contributed by atoms with Crippen molar-refractivity contribution >= 4 is 33.7 Å². The number of hydrogen-bond acceptors (Lipinski definition) is 7. The third-order valence-electron chi connectivity index (χ3n) is 5.16. The van der Waals surface area contributed by atoms with Gasteiger partial charge in [-0.05, 0) is 54.4 Å². The van der Waals surface area contributed by atoms with Crippen LogP contribution in [-0.2, 0) is 0 Å². The number of aryl methyl sites for hydroxylation is 1. The van der Waals surface area contributed by atoms with Gasteiger partial charge >= 0.3 is 5.97 Å². The van der Waals surface area contributed by atoms with Crippen LogP contribution in [0.4, 0.5) is 0 Å². The molecule has 34 heavy (non-hydrogen) atoms. The van der Waals surface area contributed by atoms with E-state index in [1.807, 2.05) is 35.7 Å². The molecule has 3 heterocycles. The van der Waals surface area contributed by atoms with Gasteiger partial charge in [-0.2, -0.15) is 9.78 Å². The topological polar surface area (TPSA) is 86.4 Å². The zero-order valence-electron chi connectivity index (χ0n) is 18.1. The highest BCUT2D eigenvalue weighted by Crippen LogP contribution is 2.30. The molecule has 0 spiro atoms. The molecule has 0 saturated heterocycles. The van der Waals surface area contributed by atoms with E-state index < -0.39 is 5.97 Å². The van der Waals surface area contributed by atoms with Gasteiger partial charge in [0.15, 0.2) is 0 Å². The van der Waals surface area contributed by atoms with E-state index in [2.05, 4.69) is 15.1 Å². The van der Waals surface area contributed by atoms with E-state index in [9.17, 15) is 9.59 Å². The number of ether oxygens (including phenoxy) is 1. The van der Waals surface area contributed by atoms with E-state index in [4.69, 9.17) is 4.74 Å². The van der Waals surface area contributed by atoms with Crippen molar-refractivity contribution in [1.82, 2.24) is 14.6 Å². The molecule has 5 aromatic rings. The molecule has 0 aliphatic rings. The van der Waals surface area contributed by atoms with Crippen LogP contribution >= 0.6 is 11.3 Å². The Labute approximate surface area is 198 Å². The molecular weight excluding hydrogens is 448 g/mol. The van der Waals surface area contributed by atoms with E-state index in [-0.39, 0.29) is 5.56 Å². The smallest absolute Gasteiger partial charge is 0.343 e. The van der Waals surface area contributed by atoms with Gasteiger partial charge in [0.2, 0.25) is 0 Å². The van der Waals surface area contributed by atoms with Crippen molar-refractivity contribution in [2.24, 2.45) is 5.10 Å². The number of carbonyl (C=O) groups excluding carboxylic acids is 1. The average molecular weight is 467 g/mol. The van der Waals surface area contributed by atoms with Crippen molar-refractivity contribution in [3.05, 3.63) is 112 Å². The maximum absolute atomic E-state index is 13.3. The number of benzene rings is 2. The number of hydrogen-bond donors (Lipinski definition) is 0. The number of fused-ring (bicyclic) bond motifs is 1. The molecule has 166 valence electrons. The van der Waals surface area contributed by atoms with Crippen LogP contribution in [0.2, 0.25) is 0 Å². The molecule has 0 amide bonds. The van der Waals surface area contributed by atoms with E-state index in [0.717, 1.165) is 16.7 Å². The first kappa shape index (κ1) is 21.4. The fourth-order valence-electron chi connectivity index (χ4n) is 3.45. The lowest BCUT2D eigenvalue weighted by Crippen LogP contribution is -2.20. The van der Waals surface area contributed by atoms with Crippen molar-refractivity contribution in [3.63, 3.8) is 0 Å². The molecule has 0 saturated carbocycles. The maximum Gasteiger partial charge on any atom is 0.343 e. The largest absolute Gasteiger partial charge is 0.423 e. The quantitative estimate of drug-likeness (QED) is 0.208. The fourth-order valence-corrected chi connectivity index (χ4v) is 4.43. The summed E-state index contributed by atoms with van der Waals surface area (Å²) in [6.45, 7) is 1.75. The summed E-state index contributed by atoms with van der Waals surface area (Å²) in [6.07, 6.45) is 4.64. The minimum Gasteiger partial charge on any atom is -0.423 e. The summed E-state index contributed by atoms with van der Waals surface area (Å²) in [7, 11) is 0.